The Morgan fingerprint density at radius 3 is 2.56 bits per heavy atom. The number of nitrogens with two attached hydrogens (primary N) is 1. The molecule has 0 aromatic heterocycles. The van der Waals surface area contributed by atoms with E-state index in [0.717, 1.165) is 18.6 Å². The molecule has 0 amide bonds. The van der Waals surface area contributed by atoms with Crippen LogP contribution < -0.4 is 10.5 Å². The van der Waals surface area contributed by atoms with Gasteiger partial charge in [0.05, 0.1) is 19.3 Å². The molecule has 0 radical (unpaired) electrons. The molecule has 2 atom stereocenters. The van der Waals surface area contributed by atoms with Crippen LogP contribution in [-0.2, 0) is 4.74 Å². The molecule has 1 saturated carbocycles. The molecule has 3 N–H and O–H groups in total. The third kappa shape index (κ3) is 3.98. The zero-order chi connectivity index (χ0) is 12.8. The molecule has 1 fully saturated rings. The van der Waals surface area contributed by atoms with Crippen molar-refractivity contribution in [3.8, 4) is 5.75 Å². The molecular weight excluding hydrogens is 230 g/mol. The van der Waals surface area contributed by atoms with Gasteiger partial charge >= 0.3 is 0 Å². The van der Waals surface area contributed by atoms with Gasteiger partial charge in [-0.25, -0.2) is 0 Å². The zero-order valence-electron chi connectivity index (χ0n) is 10.5. The van der Waals surface area contributed by atoms with Crippen LogP contribution in [0.1, 0.15) is 12.8 Å². The number of para-hydroxylation sites is 1. The van der Waals surface area contributed by atoms with Crippen molar-refractivity contribution in [2.45, 2.75) is 25.0 Å². The molecule has 4 heteroatoms. The van der Waals surface area contributed by atoms with Crippen LogP contribution in [0, 0.1) is 5.92 Å². The van der Waals surface area contributed by atoms with Gasteiger partial charge in [-0.2, -0.15) is 0 Å². The second-order valence-electron chi connectivity index (χ2n) is 4.67. The fourth-order valence-corrected chi connectivity index (χ4v) is 1.95. The van der Waals surface area contributed by atoms with E-state index in [9.17, 15) is 5.11 Å². The van der Waals surface area contributed by atoms with E-state index in [-0.39, 0.29) is 18.8 Å². The SMILES string of the molecule is NC(C1CC1)C(CO)OCCOc1ccccc1. The predicted molar refractivity (Wildman–Crippen MR) is 69.5 cm³/mol. The minimum atomic E-state index is -0.267. The lowest BCUT2D eigenvalue weighted by Gasteiger charge is -2.22. The van der Waals surface area contributed by atoms with Crippen LogP contribution in [0.2, 0.25) is 0 Å². The second kappa shape index (κ2) is 6.73. The first kappa shape index (κ1) is 13.3. The maximum Gasteiger partial charge on any atom is 0.119 e. The lowest BCUT2D eigenvalue weighted by atomic mass is 10.1. The Bertz CT molecular complexity index is 340. The molecule has 0 bridgehead atoms. The van der Waals surface area contributed by atoms with Gasteiger partial charge in [0.2, 0.25) is 0 Å². The van der Waals surface area contributed by atoms with Crippen molar-refractivity contribution < 1.29 is 14.6 Å². The Kier molecular flexibility index (Phi) is 4.99. The highest BCUT2D eigenvalue weighted by molar-refractivity contribution is 5.20. The summed E-state index contributed by atoms with van der Waals surface area (Å²) in [7, 11) is 0. The number of aliphatic hydroxyl groups is 1. The largest absolute Gasteiger partial charge is 0.491 e. The lowest BCUT2D eigenvalue weighted by molar-refractivity contribution is -0.0173. The Labute approximate surface area is 108 Å². The van der Waals surface area contributed by atoms with Crippen LogP contribution in [-0.4, -0.2) is 37.1 Å². The summed E-state index contributed by atoms with van der Waals surface area (Å²) in [4.78, 5) is 0. The number of benzene rings is 1. The first-order valence-corrected chi connectivity index (χ1v) is 6.47. The number of hydrogen-bond donors (Lipinski definition) is 2. The van der Waals surface area contributed by atoms with Gasteiger partial charge in [0.1, 0.15) is 12.4 Å². The van der Waals surface area contributed by atoms with E-state index in [2.05, 4.69) is 0 Å². The number of ether oxygens (including phenoxy) is 2. The lowest BCUT2D eigenvalue weighted by Crippen LogP contribution is -2.41. The van der Waals surface area contributed by atoms with E-state index in [1.54, 1.807) is 0 Å². The molecule has 2 rings (SSSR count). The highest BCUT2D eigenvalue weighted by Gasteiger charge is 2.34. The van der Waals surface area contributed by atoms with Gasteiger partial charge in [-0.15, -0.1) is 0 Å². The third-order valence-electron chi connectivity index (χ3n) is 3.20. The summed E-state index contributed by atoms with van der Waals surface area (Å²) in [5, 5.41) is 9.24. The van der Waals surface area contributed by atoms with Crippen molar-refractivity contribution in [1.82, 2.24) is 0 Å². The molecule has 0 heterocycles. The fraction of sp³-hybridized carbons (Fsp3) is 0.571. The van der Waals surface area contributed by atoms with Gasteiger partial charge in [-0.05, 0) is 30.9 Å². The van der Waals surface area contributed by atoms with E-state index in [1.165, 1.54) is 0 Å². The second-order valence-corrected chi connectivity index (χ2v) is 4.67. The Morgan fingerprint density at radius 2 is 1.94 bits per heavy atom. The van der Waals surface area contributed by atoms with Crippen LogP contribution in [0.3, 0.4) is 0 Å². The third-order valence-corrected chi connectivity index (χ3v) is 3.20. The molecule has 1 aromatic rings. The molecular formula is C14H21NO3. The minimum Gasteiger partial charge on any atom is -0.491 e. The van der Waals surface area contributed by atoms with E-state index in [4.69, 9.17) is 15.2 Å². The summed E-state index contributed by atoms with van der Waals surface area (Å²) < 4.78 is 11.1. The van der Waals surface area contributed by atoms with Gasteiger partial charge in [0, 0.05) is 6.04 Å². The van der Waals surface area contributed by atoms with E-state index in [1.807, 2.05) is 30.3 Å². The average molecular weight is 251 g/mol. The van der Waals surface area contributed by atoms with E-state index < -0.39 is 0 Å². The van der Waals surface area contributed by atoms with Crippen LogP contribution in [0.15, 0.2) is 30.3 Å². The average Bonchev–Trinajstić information content (AvgIpc) is 3.24. The molecule has 0 aliphatic heterocycles. The van der Waals surface area contributed by atoms with E-state index >= 15 is 0 Å². The summed E-state index contributed by atoms with van der Waals surface area (Å²) >= 11 is 0. The molecule has 18 heavy (non-hydrogen) atoms. The van der Waals surface area contributed by atoms with Crippen molar-refractivity contribution in [1.29, 1.82) is 0 Å². The predicted octanol–water partition coefficient (Wildman–Crippen LogP) is 1.18. The topological polar surface area (TPSA) is 64.7 Å². The molecule has 100 valence electrons. The fourth-order valence-electron chi connectivity index (χ4n) is 1.95. The number of aliphatic hydroxyl groups excluding tert-OH is 1. The van der Waals surface area contributed by atoms with Gasteiger partial charge in [-0.1, -0.05) is 18.2 Å². The van der Waals surface area contributed by atoms with Crippen molar-refractivity contribution >= 4 is 0 Å². The van der Waals surface area contributed by atoms with Crippen LogP contribution in [0.5, 0.6) is 5.75 Å². The van der Waals surface area contributed by atoms with E-state index in [0.29, 0.717) is 19.1 Å². The van der Waals surface area contributed by atoms with Gasteiger partial charge in [-0.3, -0.25) is 0 Å². The summed E-state index contributed by atoms with van der Waals surface area (Å²) in [6.45, 7) is 0.890. The van der Waals surface area contributed by atoms with Crippen LogP contribution in [0.25, 0.3) is 0 Å². The van der Waals surface area contributed by atoms with Crippen molar-refractivity contribution in [2.75, 3.05) is 19.8 Å². The quantitative estimate of drug-likeness (QED) is 0.681. The smallest absolute Gasteiger partial charge is 0.119 e. The molecule has 0 saturated heterocycles. The maximum atomic E-state index is 9.24. The monoisotopic (exact) mass is 251 g/mol. The molecule has 2 unspecified atom stereocenters. The van der Waals surface area contributed by atoms with Crippen LogP contribution in [0.4, 0.5) is 0 Å². The summed E-state index contributed by atoms with van der Waals surface area (Å²) in [6, 6.07) is 9.55. The van der Waals surface area contributed by atoms with Crippen LogP contribution >= 0.6 is 0 Å². The summed E-state index contributed by atoms with van der Waals surface area (Å²) in [6.07, 6.45) is 2.04. The molecule has 4 nitrogen and oxygen atoms in total. The summed E-state index contributed by atoms with van der Waals surface area (Å²) in [5.41, 5.74) is 6.00. The van der Waals surface area contributed by atoms with Gasteiger partial charge in [0.15, 0.2) is 0 Å². The number of rotatable bonds is 8. The standard InChI is InChI=1S/C14H21NO3/c15-14(11-6-7-11)13(10-16)18-9-8-17-12-4-2-1-3-5-12/h1-5,11,13-14,16H,6-10,15H2. The van der Waals surface area contributed by atoms with Crippen molar-refractivity contribution in [3.05, 3.63) is 30.3 Å². The first-order valence-electron chi connectivity index (χ1n) is 6.47. The van der Waals surface area contributed by atoms with Crippen molar-refractivity contribution in [3.63, 3.8) is 0 Å². The molecule has 1 aromatic carbocycles. The highest BCUT2D eigenvalue weighted by Crippen LogP contribution is 2.33. The maximum absolute atomic E-state index is 9.24. The summed E-state index contributed by atoms with van der Waals surface area (Å²) in [5.74, 6) is 1.35. The minimum absolute atomic E-state index is 0.0248. The molecule has 1 aliphatic rings. The Hall–Kier alpha value is -1.10. The van der Waals surface area contributed by atoms with Crippen molar-refractivity contribution in [2.24, 2.45) is 11.7 Å². The normalized spacial score (nSPS) is 18.3. The number of hydrogen-bond acceptors (Lipinski definition) is 4. The first-order chi connectivity index (χ1) is 8.81. The van der Waals surface area contributed by atoms with Gasteiger partial charge in [0.25, 0.3) is 0 Å². The van der Waals surface area contributed by atoms with Gasteiger partial charge < -0.3 is 20.3 Å². The highest BCUT2D eigenvalue weighted by atomic mass is 16.5. The zero-order valence-corrected chi connectivity index (χ0v) is 10.5. The Morgan fingerprint density at radius 1 is 1.22 bits per heavy atom. The Balaban J connectivity index is 1.64. The molecule has 0 spiro atoms. The molecule has 1 aliphatic carbocycles.